The van der Waals surface area contributed by atoms with Crippen LogP contribution in [0.25, 0.3) is 0 Å². The Kier molecular flexibility index (Phi) is 5.52. The molecular weight excluding hydrogens is 318 g/mol. The smallest absolute Gasteiger partial charge is 0.371 e. The molecule has 1 heterocycles. The minimum Gasteiger partial charge on any atom is -0.475 e. The molecule has 1 N–H and O–H groups in total. The van der Waals surface area contributed by atoms with Crippen molar-refractivity contribution in [1.82, 2.24) is 4.90 Å². The van der Waals surface area contributed by atoms with Crippen molar-refractivity contribution < 1.29 is 22.7 Å². The third-order valence-corrected chi connectivity index (χ3v) is 6.28. The number of furan rings is 1. The van der Waals surface area contributed by atoms with Crippen LogP contribution in [0.1, 0.15) is 54.5 Å². The van der Waals surface area contributed by atoms with E-state index in [9.17, 15) is 13.2 Å². The van der Waals surface area contributed by atoms with Gasteiger partial charge in [-0.05, 0) is 26.0 Å². The summed E-state index contributed by atoms with van der Waals surface area (Å²) in [6.45, 7) is 2.41. The van der Waals surface area contributed by atoms with E-state index in [2.05, 4.69) is 0 Å². The lowest BCUT2D eigenvalue weighted by Gasteiger charge is -2.37. The molecule has 2 unspecified atom stereocenters. The van der Waals surface area contributed by atoms with Crippen molar-refractivity contribution in [3.05, 3.63) is 23.2 Å². The molecular formula is C16H25NO5S. The number of carboxylic acid groups (broad SMARTS) is 1. The van der Waals surface area contributed by atoms with Gasteiger partial charge in [0.1, 0.15) is 5.76 Å². The zero-order valence-corrected chi connectivity index (χ0v) is 14.7. The van der Waals surface area contributed by atoms with Crippen LogP contribution in [0.4, 0.5) is 0 Å². The number of carboxylic acids is 1. The molecule has 7 heteroatoms. The maximum Gasteiger partial charge on any atom is 0.371 e. The van der Waals surface area contributed by atoms with E-state index in [1.807, 2.05) is 18.9 Å². The number of aryl methyl sites for hydroxylation is 1. The first-order valence-electron chi connectivity index (χ1n) is 7.98. The van der Waals surface area contributed by atoms with Crippen molar-refractivity contribution in [3.8, 4) is 0 Å². The summed E-state index contributed by atoms with van der Waals surface area (Å²) in [5.41, 5.74) is 0.824. The Labute approximate surface area is 137 Å². The van der Waals surface area contributed by atoms with E-state index >= 15 is 0 Å². The second-order valence-corrected chi connectivity index (χ2v) is 8.62. The van der Waals surface area contributed by atoms with Gasteiger partial charge in [0.2, 0.25) is 5.76 Å². The van der Waals surface area contributed by atoms with E-state index in [1.54, 1.807) is 6.07 Å². The van der Waals surface area contributed by atoms with Gasteiger partial charge >= 0.3 is 5.97 Å². The number of hydrogen-bond acceptors (Lipinski definition) is 5. The fourth-order valence-corrected chi connectivity index (χ4v) is 4.98. The van der Waals surface area contributed by atoms with Crippen molar-refractivity contribution in [3.63, 3.8) is 0 Å². The van der Waals surface area contributed by atoms with Gasteiger partial charge in [0.05, 0.1) is 5.25 Å². The highest BCUT2D eigenvalue weighted by Crippen LogP contribution is 2.29. The maximum absolute atomic E-state index is 12.0. The summed E-state index contributed by atoms with van der Waals surface area (Å²) in [6, 6.07) is 1.52. The lowest BCUT2D eigenvalue weighted by Crippen LogP contribution is -2.46. The molecule has 1 aromatic heterocycles. The molecule has 2 atom stereocenters. The summed E-state index contributed by atoms with van der Waals surface area (Å²) in [4.78, 5) is 13.1. The normalized spacial score (nSPS) is 22.4. The standard InChI is InChI=1S/C16H25NO5S/c1-4-13-11(9-14(22-13)16(18)19)10-17(2)12-7-5-6-8-15(12)23(3,20)21/h9,12,15H,4-8,10H2,1-3H3,(H,18,19). The van der Waals surface area contributed by atoms with E-state index in [0.29, 0.717) is 25.1 Å². The molecule has 1 saturated carbocycles. The molecule has 0 bridgehead atoms. The number of sulfone groups is 1. The maximum atomic E-state index is 12.0. The molecule has 0 aliphatic heterocycles. The SMILES string of the molecule is CCc1oc(C(=O)O)cc1CN(C)C1CCCCC1S(C)(=O)=O. The molecule has 1 aromatic rings. The summed E-state index contributed by atoms with van der Waals surface area (Å²) in [7, 11) is -1.19. The Morgan fingerprint density at radius 2 is 2.04 bits per heavy atom. The largest absolute Gasteiger partial charge is 0.475 e. The third-order valence-electron chi connectivity index (χ3n) is 4.63. The van der Waals surface area contributed by atoms with Crippen LogP contribution >= 0.6 is 0 Å². The lowest BCUT2D eigenvalue weighted by atomic mass is 9.93. The second kappa shape index (κ2) is 7.05. The van der Waals surface area contributed by atoms with Crippen LogP contribution in [-0.4, -0.2) is 49.0 Å². The van der Waals surface area contributed by atoms with E-state index < -0.39 is 15.8 Å². The molecule has 0 spiro atoms. The van der Waals surface area contributed by atoms with Crippen LogP contribution < -0.4 is 0 Å². The highest BCUT2D eigenvalue weighted by molar-refractivity contribution is 7.91. The second-order valence-electron chi connectivity index (χ2n) is 6.35. The third kappa shape index (κ3) is 4.14. The predicted molar refractivity (Wildman–Crippen MR) is 87.4 cm³/mol. The van der Waals surface area contributed by atoms with E-state index in [1.165, 1.54) is 6.26 Å². The number of rotatable bonds is 6. The van der Waals surface area contributed by atoms with Gasteiger partial charge < -0.3 is 9.52 Å². The molecule has 1 fully saturated rings. The number of hydrogen-bond donors (Lipinski definition) is 1. The molecule has 0 saturated heterocycles. The highest BCUT2D eigenvalue weighted by atomic mass is 32.2. The van der Waals surface area contributed by atoms with Gasteiger partial charge in [0, 0.05) is 30.8 Å². The molecule has 1 aliphatic rings. The molecule has 6 nitrogen and oxygen atoms in total. The summed E-state index contributed by atoms with van der Waals surface area (Å²) >= 11 is 0. The lowest BCUT2D eigenvalue weighted by molar-refractivity contribution is 0.0660. The van der Waals surface area contributed by atoms with Gasteiger partial charge in [-0.25, -0.2) is 13.2 Å². The molecule has 23 heavy (non-hydrogen) atoms. The van der Waals surface area contributed by atoms with Crippen molar-refractivity contribution in [2.75, 3.05) is 13.3 Å². The van der Waals surface area contributed by atoms with Crippen molar-refractivity contribution >= 4 is 15.8 Å². The summed E-state index contributed by atoms with van der Waals surface area (Å²) in [5, 5.41) is 8.71. The summed E-state index contributed by atoms with van der Waals surface area (Å²) in [6.07, 6.45) is 5.42. The minimum absolute atomic E-state index is 0.0355. The zero-order valence-electron chi connectivity index (χ0n) is 13.9. The van der Waals surface area contributed by atoms with Crippen LogP contribution in [0, 0.1) is 0 Å². The average molecular weight is 343 g/mol. The van der Waals surface area contributed by atoms with Crippen molar-refractivity contribution in [2.24, 2.45) is 0 Å². The quantitative estimate of drug-likeness (QED) is 0.853. The first kappa shape index (κ1) is 18.0. The molecule has 2 rings (SSSR count). The summed E-state index contributed by atoms with van der Waals surface area (Å²) in [5.74, 6) is -0.491. The fraction of sp³-hybridized carbons (Fsp3) is 0.688. The topological polar surface area (TPSA) is 87.8 Å². The van der Waals surface area contributed by atoms with Gasteiger partial charge in [-0.2, -0.15) is 0 Å². The number of nitrogens with zero attached hydrogens (tertiary/aromatic N) is 1. The van der Waals surface area contributed by atoms with E-state index in [4.69, 9.17) is 9.52 Å². The Morgan fingerprint density at radius 1 is 1.39 bits per heavy atom. The first-order valence-corrected chi connectivity index (χ1v) is 9.93. The minimum atomic E-state index is -3.10. The van der Waals surface area contributed by atoms with Gasteiger partial charge in [-0.15, -0.1) is 0 Å². The highest BCUT2D eigenvalue weighted by Gasteiger charge is 2.35. The van der Waals surface area contributed by atoms with Crippen LogP contribution in [0.5, 0.6) is 0 Å². The zero-order chi connectivity index (χ0) is 17.2. The van der Waals surface area contributed by atoms with E-state index in [-0.39, 0.29) is 17.1 Å². The van der Waals surface area contributed by atoms with Gasteiger partial charge in [0.25, 0.3) is 0 Å². The van der Waals surface area contributed by atoms with Gasteiger partial charge in [-0.3, -0.25) is 4.90 Å². The van der Waals surface area contributed by atoms with Crippen LogP contribution in [0.3, 0.4) is 0 Å². The Bertz CT molecular complexity index is 664. The van der Waals surface area contributed by atoms with Crippen LogP contribution in [-0.2, 0) is 22.8 Å². The van der Waals surface area contributed by atoms with E-state index in [0.717, 1.165) is 24.8 Å². The average Bonchev–Trinajstić information content (AvgIpc) is 2.89. The van der Waals surface area contributed by atoms with Crippen LogP contribution in [0.15, 0.2) is 10.5 Å². The Morgan fingerprint density at radius 3 is 2.61 bits per heavy atom. The number of carbonyl (C=O) groups is 1. The van der Waals surface area contributed by atoms with Crippen LogP contribution in [0.2, 0.25) is 0 Å². The summed E-state index contributed by atoms with van der Waals surface area (Å²) < 4.78 is 29.5. The van der Waals surface area contributed by atoms with Gasteiger partial charge in [-0.1, -0.05) is 19.8 Å². The Balaban J connectivity index is 2.20. The molecule has 0 radical (unpaired) electrons. The van der Waals surface area contributed by atoms with Crippen molar-refractivity contribution in [2.45, 2.75) is 56.9 Å². The Hall–Kier alpha value is -1.34. The van der Waals surface area contributed by atoms with Gasteiger partial charge in [0.15, 0.2) is 9.84 Å². The first-order chi connectivity index (χ1) is 10.7. The molecule has 130 valence electrons. The molecule has 1 aliphatic carbocycles. The fourth-order valence-electron chi connectivity index (χ4n) is 3.47. The van der Waals surface area contributed by atoms with Crippen molar-refractivity contribution in [1.29, 1.82) is 0 Å². The molecule has 0 aromatic carbocycles. The predicted octanol–water partition coefficient (Wildman–Crippen LogP) is 2.33. The monoisotopic (exact) mass is 343 g/mol. The molecule has 0 amide bonds. The number of aromatic carboxylic acids is 1.